The van der Waals surface area contributed by atoms with E-state index < -0.39 is 0 Å². The van der Waals surface area contributed by atoms with Gasteiger partial charge in [-0.2, -0.15) is 0 Å². The second-order valence-corrected chi connectivity index (χ2v) is 5.91. The van der Waals surface area contributed by atoms with Gasteiger partial charge in [0.1, 0.15) is 5.75 Å². The zero-order valence-electron chi connectivity index (χ0n) is 11.4. The van der Waals surface area contributed by atoms with Crippen molar-refractivity contribution in [2.24, 2.45) is 5.92 Å². The van der Waals surface area contributed by atoms with E-state index in [9.17, 15) is 0 Å². The monoisotopic (exact) mass is 267 g/mol. The summed E-state index contributed by atoms with van der Waals surface area (Å²) in [4.78, 5) is 0. The number of nitrogens with one attached hydrogen (secondary N) is 1. The Bertz CT molecular complexity index is 411. The molecule has 0 bridgehead atoms. The predicted octanol–water partition coefficient (Wildman–Crippen LogP) is 3.67. The Morgan fingerprint density at radius 2 is 2.22 bits per heavy atom. The van der Waals surface area contributed by atoms with Crippen LogP contribution in [-0.4, -0.2) is 19.2 Å². The number of benzene rings is 1. The maximum absolute atomic E-state index is 6.11. The van der Waals surface area contributed by atoms with Crippen LogP contribution in [0.5, 0.6) is 5.75 Å². The lowest BCUT2D eigenvalue weighted by Crippen LogP contribution is -2.46. The molecule has 1 atom stereocenters. The van der Waals surface area contributed by atoms with Crippen LogP contribution >= 0.6 is 11.6 Å². The first kappa shape index (κ1) is 13.7. The van der Waals surface area contributed by atoms with Crippen LogP contribution in [0.25, 0.3) is 0 Å². The highest BCUT2D eigenvalue weighted by Gasteiger charge is 2.37. The Morgan fingerprint density at radius 1 is 1.44 bits per heavy atom. The molecule has 3 heteroatoms. The molecular formula is C15H22ClNO. The first-order chi connectivity index (χ1) is 8.57. The number of halogens is 1. The van der Waals surface area contributed by atoms with Crippen molar-refractivity contribution in [1.29, 1.82) is 0 Å². The van der Waals surface area contributed by atoms with Crippen LogP contribution in [0.4, 0.5) is 0 Å². The normalized spacial score (nSPS) is 23.6. The van der Waals surface area contributed by atoms with Crippen molar-refractivity contribution in [2.45, 2.75) is 38.6 Å². The highest BCUT2D eigenvalue weighted by molar-refractivity contribution is 6.30. The van der Waals surface area contributed by atoms with Gasteiger partial charge in [-0.25, -0.2) is 0 Å². The third-order valence-corrected chi connectivity index (χ3v) is 4.37. The van der Waals surface area contributed by atoms with Gasteiger partial charge in [-0.1, -0.05) is 25.4 Å². The van der Waals surface area contributed by atoms with Crippen LogP contribution in [0.15, 0.2) is 18.2 Å². The Balaban J connectivity index is 2.29. The molecule has 18 heavy (non-hydrogen) atoms. The fourth-order valence-corrected chi connectivity index (χ4v) is 3.10. The lowest BCUT2D eigenvalue weighted by Gasteiger charge is -2.34. The van der Waals surface area contributed by atoms with Crippen molar-refractivity contribution in [3.8, 4) is 5.75 Å². The molecule has 1 saturated heterocycles. The van der Waals surface area contributed by atoms with Crippen LogP contribution < -0.4 is 10.1 Å². The van der Waals surface area contributed by atoms with Crippen LogP contribution in [0.3, 0.4) is 0 Å². The third-order valence-electron chi connectivity index (χ3n) is 4.13. The molecule has 0 radical (unpaired) electrons. The SMILES string of the molecule is COc1ccc(Cl)cc1CC1(C(C)C)CCCN1. The Hall–Kier alpha value is -0.730. The number of hydrogen-bond acceptors (Lipinski definition) is 2. The quantitative estimate of drug-likeness (QED) is 0.899. The van der Waals surface area contributed by atoms with Gasteiger partial charge in [0.05, 0.1) is 7.11 Å². The molecule has 1 fully saturated rings. The van der Waals surface area contributed by atoms with Crippen molar-refractivity contribution in [3.05, 3.63) is 28.8 Å². The topological polar surface area (TPSA) is 21.3 Å². The molecule has 0 saturated carbocycles. The fourth-order valence-electron chi connectivity index (χ4n) is 2.90. The van der Waals surface area contributed by atoms with Gasteiger partial charge in [-0.15, -0.1) is 0 Å². The molecule has 0 amide bonds. The summed E-state index contributed by atoms with van der Waals surface area (Å²) in [7, 11) is 1.72. The summed E-state index contributed by atoms with van der Waals surface area (Å²) in [6.45, 7) is 5.69. The lowest BCUT2D eigenvalue weighted by molar-refractivity contribution is 0.266. The van der Waals surface area contributed by atoms with Gasteiger partial charge in [-0.05, 0) is 55.5 Å². The maximum atomic E-state index is 6.11. The van der Waals surface area contributed by atoms with Crippen molar-refractivity contribution in [1.82, 2.24) is 5.32 Å². The van der Waals surface area contributed by atoms with Gasteiger partial charge in [0, 0.05) is 10.6 Å². The summed E-state index contributed by atoms with van der Waals surface area (Å²) in [6, 6.07) is 5.87. The second-order valence-electron chi connectivity index (χ2n) is 5.47. The molecule has 1 N–H and O–H groups in total. The van der Waals surface area contributed by atoms with E-state index in [0.29, 0.717) is 5.92 Å². The molecule has 1 aliphatic rings. The largest absolute Gasteiger partial charge is 0.496 e. The standard InChI is InChI=1S/C15H22ClNO/c1-11(2)15(7-4-8-17-15)10-12-9-13(16)5-6-14(12)18-3/h5-6,9,11,17H,4,7-8,10H2,1-3H3. The van der Waals surface area contributed by atoms with E-state index >= 15 is 0 Å². The second kappa shape index (κ2) is 5.50. The first-order valence-electron chi connectivity index (χ1n) is 6.65. The lowest BCUT2D eigenvalue weighted by atomic mass is 9.79. The molecule has 2 rings (SSSR count). The summed E-state index contributed by atoms with van der Waals surface area (Å²) >= 11 is 6.11. The number of methoxy groups -OCH3 is 1. The molecule has 1 aliphatic heterocycles. The van der Waals surface area contributed by atoms with Gasteiger partial charge in [-0.3, -0.25) is 0 Å². The summed E-state index contributed by atoms with van der Waals surface area (Å²) in [5.41, 5.74) is 1.39. The first-order valence-corrected chi connectivity index (χ1v) is 7.02. The Kier molecular flexibility index (Phi) is 4.18. The van der Waals surface area contributed by atoms with E-state index in [1.54, 1.807) is 7.11 Å². The van der Waals surface area contributed by atoms with E-state index in [2.05, 4.69) is 19.2 Å². The third kappa shape index (κ3) is 2.65. The number of ether oxygens (including phenoxy) is 1. The van der Waals surface area contributed by atoms with Crippen LogP contribution in [-0.2, 0) is 6.42 Å². The van der Waals surface area contributed by atoms with Gasteiger partial charge in [0.15, 0.2) is 0 Å². The average Bonchev–Trinajstić information content (AvgIpc) is 2.79. The summed E-state index contributed by atoms with van der Waals surface area (Å²) in [6.07, 6.45) is 3.45. The Morgan fingerprint density at radius 3 is 2.78 bits per heavy atom. The maximum Gasteiger partial charge on any atom is 0.122 e. The number of hydrogen-bond donors (Lipinski definition) is 1. The molecule has 1 aromatic carbocycles. The van der Waals surface area contributed by atoms with E-state index in [1.807, 2.05) is 18.2 Å². The van der Waals surface area contributed by atoms with E-state index in [0.717, 1.165) is 23.7 Å². The average molecular weight is 268 g/mol. The van der Waals surface area contributed by atoms with E-state index in [-0.39, 0.29) is 5.54 Å². The zero-order valence-corrected chi connectivity index (χ0v) is 12.2. The highest BCUT2D eigenvalue weighted by Crippen LogP contribution is 2.34. The van der Waals surface area contributed by atoms with Gasteiger partial charge < -0.3 is 10.1 Å². The zero-order chi connectivity index (χ0) is 13.2. The molecule has 100 valence electrons. The predicted molar refractivity (Wildman–Crippen MR) is 76.5 cm³/mol. The number of rotatable bonds is 4. The minimum absolute atomic E-state index is 0.192. The summed E-state index contributed by atoms with van der Waals surface area (Å²) in [5.74, 6) is 1.54. The molecule has 2 nitrogen and oxygen atoms in total. The van der Waals surface area contributed by atoms with Gasteiger partial charge in [0.25, 0.3) is 0 Å². The summed E-state index contributed by atoms with van der Waals surface area (Å²) < 4.78 is 5.45. The van der Waals surface area contributed by atoms with Gasteiger partial charge in [0.2, 0.25) is 0 Å². The van der Waals surface area contributed by atoms with Crippen molar-refractivity contribution >= 4 is 11.6 Å². The molecule has 1 unspecified atom stereocenters. The highest BCUT2D eigenvalue weighted by atomic mass is 35.5. The molecule has 1 aromatic rings. The molecule has 0 spiro atoms. The van der Waals surface area contributed by atoms with Crippen molar-refractivity contribution in [2.75, 3.05) is 13.7 Å². The van der Waals surface area contributed by atoms with E-state index in [4.69, 9.17) is 16.3 Å². The molecular weight excluding hydrogens is 246 g/mol. The molecule has 0 aliphatic carbocycles. The minimum atomic E-state index is 0.192. The molecule has 1 heterocycles. The fraction of sp³-hybridized carbons (Fsp3) is 0.600. The smallest absolute Gasteiger partial charge is 0.122 e. The van der Waals surface area contributed by atoms with Crippen LogP contribution in [0.2, 0.25) is 5.02 Å². The Labute approximate surface area is 115 Å². The van der Waals surface area contributed by atoms with Crippen molar-refractivity contribution in [3.63, 3.8) is 0 Å². The molecule has 0 aromatic heterocycles. The van der Waals surface area contributed by atoms with Crippen molar-refractivity contribution < 1.29 is 4.74 Å². The van der Waals surface area contributed by atoms with Gasteiger partial charge >= 0.3 is 0 Å². The van der Waals surface area contributed by atoms with E-state index in [1.165, 1.54) is 18.4 Å². The van der Waals surface area contributed by atoms with Crippen LogP contribution in [0.1, 0.15) is 32.3 Å². The summed E-state index contributed by atoms with van der Waals surface area (Å²) in [5, 5.41) is 4.47. The van der Waals surface area contributed by atoms with Crippen LogP contribution in [0, 0.1) is 5.92 Å². The minimum Gasteiger partial charge on any atom is -0.496 e.